The maximum absolute atomic E-state index is 12.3. The molecule has 0 saturated carbocycles. The van der Waals surface area contributed by atoms with Gasteiger partial charge in [0, 0.05) is 6.42 Å². The van der Waals surface area contributed by atoms with Crippen molar-refractivity contribution < 1.29 is 27.2 Å². The van der Waals surface area contributed by atoms with Crippen molar-refractivity contribution in [2.75, 3.05) is 6.61 Å². The summed E-state index contributed by atoms with van der Waals surface area (Å²) in [4.78, 5) is 12.3. The summed E-state index contributed by atoms with van der Waals surface area (Å²) in [6.07, 6.45) is 38.6. The Morgan fingerprint density at radius 3 is 1.27 bits per heavy atom. The van der Waals surface area contributed by atoms with E-state index in [1.54, 1.807) is 6.08 Å². The van der Waals surface area contributed by atoms with E-state index in [-0.39, 0.29) is 12.5 Å². The van der Waals surface area contributed by atoms with Crippen molar-refractivity contribution >= 4 is 20.4 Å². The van der Waals surface area contributed by atoms with E-state index in [9.17, 15) is 15.0 Å². The number of aliphatic hydroxyl groups is 2. The number of allylic oxidation sites excluding steroid dienone is 1. The quantitative estimate of drug-likeness (QED) is 0.0272. The number of carbonyl (C=O) groups is 1. The first-order chi connectivity index (χ1) is 21.4. The summed E-state index contributed by atoms with van der Waals surface area (Å²) in [6.45, 7) is 4.30. The Labute approximate surface area is 276 Å². The molecule has 1 amide bonds. The molecule has 0 saturated heterocycles. The monoisotopic (exact) mass is 695 g/mol. The predicted molar refractivity (Wildman–Crippen MR) is 186 cm³/mol. The standard InChI is InChI=1S/C36H71NO3.H2O3Se/c1-3-5-7-9-11-13-15-17-18-20-22-24-26-28-30-32-36(40)37-34(33-38)35(39)31-29-27-25-23-21-19-16-14-12-10-8-6-4-2;1-4(2)3/h29,31,34-35,38-39H,3-28,30,32-33H2,1-2H3,(H,37,40);(H2,1,2,3)/b31-29+;/t34-,35+;/m0./s1. The Bertz CT molecular complexity index is 630. The molecule has 0 spiro atoms. The fourth-order valence-corrected chi connectivity index (χ4v) is 5.47. The van der Waals surface area contributed by atoms with Crippen LogP contribution in [0.2, 0.25) is 0 Å². The third-order valence-electron chi connectivity index (χ3n) is 8.27. The van der Waals surface area contributed by atoms with E-state index >= 15 is 0 Å². The van der Waals surface area contributed by atoms with Crippen LogP contribution in [0.3, 0.4) is 0 Å². The molecule has 0 aliphatic carbocycles. The van der Waals surface area contributed by atoms with Crippen LogP contribution in [-0.2, 0) is 8.63 Å². The summed E-state index contributed by atoms with van der Waals surface area (Å²) in [6, 6.07) is -0.614. The normalized spacial score (nSPS) is 12.8. The molecule has 0 aromatic carbocycles. The third kappa shape index (κ3) is 39.4. The van der Waals surface area contributed by atoms with Crippen LogP contribution in [-0.4, -0.2) is 57.7 Å². The summed E-state index contributed by atoms with van der Waals surface area (Å²) in [5, 5.41) is 22.8. The topological polar surface area (TPSA) is 127 Å². The summed E-state index contributed by atoms with van der Waals surface area (Å²) < 4.78 is 23.1. The number of hydrogen-bond acceptors (Lipinski definition) is 4. The molecular weight excluding hydrogens is 621 g/mol. The van der Waals surface area contributed by atoms with Crippen LogP contribution in [0, 0.1) is 0 Å². The molecule has 0 heterocycles. The summed E-state index contributed by atoms with van der Waals surface area (Å²) in [7, 11) is 0. The van der Waals surface area contributed by atoms with Gasteiger partial charge in [0.05, 0.1) is 18.8 Å². The molecule has 264 valence electrons. The number of amides is 1. The fraction of sp³-hybridized carbons (Fsp3) is 0.917. The van der Waals surface area contributed by atoms with E-state index in [1.165, 1.54) is 148 Å². The molecule has 8 heteroatoms. The van der Waals surface area contributed by atoms with Gasteiger partial charge in [-0.2, -0.15) is 0 Å². The van der Waals surface area contributed by atoms with Crippen LogP contribution < -0.4 is 5.32 Å². The zero-order valence-electron chi connectivity index (χ0n) is 28.8. The minimum absolute atomic E-state index is 0.0634. The van der Waals surface area contributed by atoms with Crippen molar-refractivity contribution in [3.8, 4) is 0 Å². The number of hydrogen-bond donors (Lipinski definition) is 5. The van der Waals surface area contributed by atoms with Gasteiger partial charge >= 0.3 is 26.7 Å². The van der Waals surface area contributed by atoms with Crippen LogP contribution >= 0.6 is 0 Å². The van der Waals surface area contributed by atoms with Crippen molar-refractivity contribution in [2.24, 2.45) is 0 Å². The first-order valence-electron chi connectivity index (χ1n) is 18.4. The first kappa shape index (κ1) is 45.5. The van der Waals surface area contributed by atoms with Crippen LogP contribution in [0.1, 0.15) is 194 Å². The summed E-state index contributed by atoms with van der Waals surface area (Å²) >= 11 is -3.29. The van der Waals surface area contributed by atoms with E-state index in [0.29, 0.717) is 6.42 Å². The van der Waals surface area contributed by atoms with Gasteiger partial charge in [0.25, 0.3) is 0 Å². The molecule has 5 N–H and O–H groups in total. The average Bonchev–Trinajstić information content (AvgIpc) is 2.99. The van der Waals surface area contributed by atoms with Crippen molar-refractivity contribution in [3.63, 3.8) is 0 Å². The second-order valence-corrected chi connectivity index (χ2v) is 13.5. The van der Waals surface area contributed by atoms with Gasteiger partial charge in [-0.15, -0.1) is 0 Å². The van der Waals surface area contributed by atoms with Crippen molar-refractivity contribution in [3.05, 3.63) is 12.2 Å². The van der Waals surface area contributed by atoms with Crippen molar-refractivity contribution in [1.82, 2.24) is 5.32 Å². The minimum atomic E-state index is -3.29. The zero-order chi connectivity index (χ0) is 32.9. The predicted octanol–water partition coefficient (Wildman–Crippen LogP) is 8.73. The molecule has 0 unspecified atom stereocenters. The summed E-state index contributed by atoms with van der Waals surface area (Å²) in [5.41, 5.74) is 0. The van der Waals surface area contributed by atoms with Gasteiger partial charge in [0.2, 0.25) is 5.91 Å². The number of aliphatic hydroxyl groups excluding tert-OH is 2. The first-order valence-corrected chi connectivity index (χ1v) is 20.7. The fourth-order valence-electron chi connectivity index (χ4n) is 5.47. The van der Waals surface area contributed by atoms with E-state index in [1.807, 2.05) is 6.08 Å². The molecule has 0 radical (unpaired) electrons. The molecule has 0 aromatic heterocycles. The van der Waals surface area contributed by atoms with Gasteiger partial charge in [-0.1, -0.05) is 180 Å². The van der Waals surface area contributed by atoms with Gasteiger partial charge in [-0.25, -0.2) is 0 Å². The number of unbranched alkanes of at least 4 members (excludes halogenated alkanes) is 25. The second kappa shape index (κ2) is 38.6. The second-order valence-electron chi connectivity index (χ2n) is 12.5. The Balaban J connectivity index is 0. The molecular formula is C36H73NO6Se. The van der Waals surface area contributed by atoms with Gasteiger partial charge in [0.15, 0.2) is 0 Å². The van der Waals surface area contributed by atoms with E-state index in [0.717, 1.165) is 25.7 Å². The van der Waals surface area contributed by atoms with E-state index < -0.39 is 26.6 Å². The number of rotatable bonds is 32. The van der Waals surface area contributed by atoms with Gasteiger partial charge in [0.1, 0.15) is 0 Å². The van der Waals surface area contributed by atoms with E-state index in [4.69, 9.17) is 12.2 Å². The number of nitrogens with one attached hydrogen (secondary N) is 1. The molecule has 0 aliphatic rings. The van der Waals surface area contributed by atoms with Gasteiger partial charge in [-0.3, -0.25) is 4.79 Å². The van der Waals surface area contributed by atoms with Gasteiger partial charge in [-0.05, 0) is 19.3 Å². The third-order valence-corrected chi connectivity index (χ3v) is 8.27. The molecule has 0 fully saturated rings. The Hall–Kier alpha value is -0.631. The Morgan fingerprint density at radius 2 is 0.932 bits per heavy atom. The molecule has 0 aliphatic heterocycles. The van der Waals surface area contributed by atoms with Crippen molar-refractivity contribution in [2.45, 2.75) is 206 Å². The zero-order valence-corrected chi connectivity index (χ0v) is 30.5. The molecule has 0 aromatic rings. The Morgan fingerprint density at radius 1 is 0.614 bits per heavy atom. The Kier molecular flexibility index (Phi) is 39.9. The number of carbonyl (C=O) groups excluding carboxylic acids is 1. The van der Waals surface area contributed by atoms with Crippen molar-refractivity contribution in [1.29, 1.82) is 0 Å². The molecule has 0 bridgehead atoms. The van der Waals surface area contributed by atoms with Gasteiger partial charge < -0.3 is 15.5 Å². The van der Waals surface area contributed by atoms with Crippen LogP contribution in [0.5, 0.6) is 0 Å². The maximum atomic E-state index is 12.3. The van der Waals surface area contributed by atoms with Crippen LogP contribution in [0.15, 0.2) is 12.2 Å². The van der Waals surface area contributed by atoms with Crippen LogP contribution in [0.4, 0.5) is 0 Å². The van der Waals surface area contributed by atoms with E-state index in [2.05, 4.69) is 19.2 Å². The molecule has 2 atom stereocenters. The average molecular weight is 695 g/mol. The SMILES string of the molecule is CCCCCCCCCCCCC/C=C/[C@@H](O)[C@H](CO)NC(=O)CCCCCCCCCCCCCCCCC.O=[Se](O)O. The van der Waals surface area contributed by atoms with Crippen LogP contribution in [0.25, 0.3) is 0 Å². The molecule has 0 rings (SSSR count). The molecule has 7 nitrogen and oxygen atoms in total. The summed E-state index contributed by atoms with van der Waals surface area (Å²) in [5.74, 6) is -0.0634. The molecule has 44 heavy (non-hydrogen) atoms.